The van der Waals surface area contributed by atoms with E-state index >= 15 is 0 Å². The number of anilines is 2. The van der Waals surface area contributed by atoms with Crippen molar-refractivity contribution >= 4 is 17.4 Å². The average molecular weight is 460 g/mol. The summed E-state index contributed by atoms with van der Waals surface area (Å²) in [5, 5.41) is 8.18. The molecule has 7 heteroatoms. The Morgan fingerprint density at radius 2 is 1.74 bits per heavy atom. The highest BCUT2D eigenvalue weighted by atomic mass is 19.1. The second-order valence-electron chi connectivity index (χ2n) is 9.84. The third kappa shape index (κ3) is 3.89. The summed E-state index contributed by atoms with van der Waals surface area (Å²) >= 11 is 0. The number of ketones is 1. The lowest BCUT2D eigenvalue weighted by Crippen LogP contribution is -2.36. The fourth-order valence-corrected chi connectivity index (χ4v) is 5.09. The number of nitrogens with zero attached hydrogens (tertiary/aromatic N) is 4. The van der Waals surface area contributed by atoms with Crippen molar-refractivity contribution in [2.24, 2.45) is 5.41 Å². The number of halogens is 1. The van der Waals surface area contributed by atoms with E-state index < -0.39 is 0 Å². The number of benzene rings is 2. The quantitative estimate of drug-likeness (QED) is 0.539. The number of rotatable bonds is 5. The van der Waals surface area contributed by atoms with Crippen molar-refractivity contribution in [2.45, 2.75) is 46.6 Å². The van der Waals surface area contributed by atoms with Crippen LogP contribution in [0.1, 0.15) is 52.1 Å². The van der Waals surface area contributed by atoms with Crippen LogP contribution in [0.5, 0.6) is 0 Å². The Morgan fingerprint density at radius 3 is 2.38 bits per heavy atom. The van der Waals surface area contributed by atoms with Gasteiger partial charge in [0.15, 0.2) is 11.6 Å². The van der Waals surface area contributed by atoms with Gasteiger partial charge in [-0.15, -0.1) is 5.10 Å². The molecule has 5 rings (SSSR count). The SMILES string of the molecule is CCN(CC)c1ccc(C2C3=C(CC(C)(C)CC3=O)Nc3nc(-c4ccc(F)cc4)nn32)cc1. The van der Waals surface area contributed by atoms with Crippen molar-refractivity contribution in [1.29, 1.82) is 0 Å². The van der Waals surface area contributed by atoms with Crippen LogP contribution in [0.2, 0.25) is 0 Å². The van der Waals surface area contributed by atoms with E-state index in [0.29, 0.717) is 18.2 Å². The second kappa shape index (κ2) is 8.38. The van der Waals surface area contributed by atoms with Gasteiger partial charge in [0.2, 0.25) is 5.95 Å². The number of nitrogens with one attached hydrogen (secondary N) is 1. The van der Waals surface area contributed by atoms with Crippen molar-refractivity contribution in [2.75, 3.05) is 23.3 Å². The van der Waals surface area contributed by atoms with Gasteiger partial charge in [-0.05, 0) is 67.6 Å². The van der Waals surface area contributed by atoms with Crippen LogP contribution >= 0.6 is 0 Å². The minimum atomic E-state index is -0.359. The predicted octanol–water partition coefficient (Wildman–Crippen LogP) is 5.59. The molecule has 0 spiro atoms. The number of hydrogen-bond acceptors (Lipinski definition) is 5. The lowest BCUT2D eigenvalue weighted by atomic mass is 9.73. The Labute approximate surface area is 199 Å². The number of hydrogen-bond donors (Lipinski definition) is 1. The smallest absolute Gasteiger partial charge is 0.226 e. The first-order chi connectivity index (χ1) is 16.3. The van der Waals surface area contributed by atoms with E-state index in [0.717, 1.165) is 47.6 Å². The third-order valence-electron chi connectivity index (χ3n) is 6.77. The molecular formula is C27H30FN5O. The molecule has 34 heavy (non-hydrogen) atoms. The van der Waals surface area contributed by atoms with Gasteiger partial charge in [0, 0.05) is 42.0 Å². The van der Waals surface area contributed by atoms with Crippen LogP contribution in [-0.4, -0.2) is 33.6 Å². The second-order valence-corrected chi connectivity index (χ2v) is 9.84. The molecule has 1 unspecified atom stereocenters. The molecule has 1 aliphatic carbocycles. The van der Waals surface area contributed by atoms with Gasteiger partial charge >= 0.3 is 0 Å². The van der Waals surface area contributed by atoms with Crippen LogP contribution < -0.4 is 10.2 Å². The van der Waals surface area contributed by atoms with Crippen LogP contribution in [0.4, 0.5) is 16.0 Å². The number of carbonyl (C=O) groups is 1. The zero-order valence-corrected chi connectivity index (χ0v) is 20.1. The van der Waals surface area contributed by atoms with E-state index in [2.05, 4.69) is 62.2 Å². The molecule has 0 amide bonds. The first kappa shape index (κ1) is 22.3. The maximum absolute atomic E-state index is 13.5. The van der Waals surface area contributed by atoms with Gasteiger partial charge in [0.1, 0.15) is 11.9 Å². The van der Waals surface area contributed by atoms with Gasteiger partial charge in [-0.1, -0.05) is 26.0 Å². The first-order valence-electron chi connectivity index (χ1n) is 11.9. The Hall–Kier alpha value is -3.48. The Balaban J connectivity index is 1.62. The van der Waals surface area contributed by atoms with E-state index in [-0.39, 0.29) is 23.1 Å². The molecule has 0 fully saturated rings. The minimum Gasteiger partial charge on any atom is -0.372 e. The number of fused-ring (bicyclic) bond motifs is 1. The predicted molar refractivity (Wildman–Crippen MR) is 132 cm³/mol. The maximum atomic E-state index is 13.5. The summed E-state index contributed by atoms with van der Waals surface area (Å²) in [5.74, 6) is 0.934. The Kier molecular flexibility index (Phi) is 5.50. The van der Waals surface area contributed by atoms with Crippen molar-refractivity contribution in [3.8, 4) is 11.4 Å². The number of aromatic nitrogens is 3. The highest BCUT2D eigenvalue weighted by molar-refractivity contribution is 6.00. The third-order valence-corrected chi connectivity index (χ3v) is 6.77. The first-order valence-corrected chi connectivity index (χ1v) is 11.9. The molecule has 3 aromatic rings. The van der Waals surface area contributed by atoms with E-state index in [4.69, 9.17) is 10.1 Å². The topological polar surface area (TPSA) is 63.1 Å². The van der Waals surface area contributed by atoms with Crippen molar-refractivity contribution in [3.05, 3.63) is 71.2 Å². The minimum absolute atomic E-state index is 0.123. The Bertz CT molecular complexity index is 1250. The van der Waals surface area contributed by atoms with Crippen molar-refractivity contribution < 1.29 is 9.18 Å². The number of allylic oxidation sites excluding steroid dienone is 2. The highest BCUT2D eigenvalue weighted by Gasteiger charge is 2.41. The lowest BCUT2D eigenvalue weighted by Gasteiger charge is -2.38. The van der Waals surface area contributed by atoms with E-state index in [1.807, 2.05) is 0 Å². The normalized spacial score (nSPS) is 18.9. The molecule has 0 saturated carbocycles. The monoisotopic (exact) mass is 459 g/mol. The molecule has 1 aliphatic heterocycles. The van der Waals surface area contributed by atoms with Crippen LogP contribution in [0.15, 0.2) is 59.8 Å². The number of carbonyl (C=O) groups excluding carboxylic acids is 1. The molecule has 6 nitrogen and oxygen atoms in total. The summed E-state index contributed by atoms with van der Waals surface area (Å²) in [7, 11) is 0. The highest BCUT2D eigenvalue weighted by Crippen LogP contribution is 2.45. The van der Waals surface area contributed by atoms with Crippen molar-refractivity contribution in [3.63, 3.8) is 0 Å². The largest absolute Gasteiger partial charge is 0.372 e. The summed E-state index contributed by atoms with van der Waals surface area (Å²) in [6.07, 6.45) is 1.26. The van der Waals surface area contributed by atoms with E-state index in [1.54, 1.807) is 16.8 Å². The molecule has 1 N–H and O–H groups in total. The zero-order chi connectivity index (χ0) is 24.0. The lowest BCUT2D eigenvalue weighted by molar-refractivity contribution is -0.118. The van der Waals surface area contributed by atoms with Gasteiger partial charge < -0.3 is 10.2 Å². The van der Waals surface area contributed by atoms with Crippen LogP contribution in [0, 0.1) is 11.2 Å². The van der Waals surface area contributed by atoms with Gasteiger partial charge in [-0.3, -0.25) is 4.79 Å². The Morgan fingerprint density at radius 1 is 1.06 bits per heavy atom. The van der Waals surface area contributed by atoms with Gasteiger partial charge in [0.05, 0.1) is 0 Å². The summed E-state index contributed by atoms with van der Waals surface area (Å²) in [6, 6.07) is 14.2. The molecule has 2 heterocycles. The molecule has 2 aliphatic rings. The van der Waals surface area contributed by atoms with Crippen LogP contribution in [-0.2, 0) is 4.79 Å². The molecule has 0 saturated heterocycles. The fourth-order valence-electron chi connectivity index (χ4n) is 5.09. The van der Waals surface area contributed by atoms with Gasteiger partial charge in [-0.2, -0.15) is 4.98 Å². The summed E-state index contributed by atoms with van der Waals surface area (Å²) in [4.78, 5) is 20.4. The van der Waals surface area contributed by atoms with E-state index in [9.17, 15) is 9.18 Å². The number of Topliss-reactive ketones (excluding diaryl/α,β-unsaturated/α-hetero) is 1. The molecule has 176 valence electrons. The molecule has 1 aromatic heterocycles. The molecule has 1 atom stereocenters. The van der Waals surface area contributed by atoms with Crippen LogP contribution in [0.3, 0.4) is 0 Å². The average Bonchev–Trinajstić information content (AvgIpc) is 3.22. The van der Waals surface area contributed by atoms with Crippen molar-refractivity contribution in [1.82, 2.24) is 14.8 Å². The maximum Gasteiger partial charge on any atom is 0.226 e. The summed E-state index contributed by atoms with van der Waals surface area (Å²) < 4.78 is 15.3. The van der Waals surface area contributed by atoms with E-state index in [1.165, 1.54) is 12.1 Å². The standard InChI is InChI=1S/C27H30FN5O/c1-5-32(6-2)20-13-9-17(10-14-20)24-23-21(15-27(3,4)16-22(23)34)29-26-30-25(31-33(24)26)18-7-11-19(28)12-8-18/h7-14,24H,5-6,15-16H2,1-4H3,(H,29,30,31). The fraction of sp³-hybridized carbons (Fsp3) is 0.370. The summed E-state index contributed by atoms with van der Waals surface area (Å²) in [6.45, 7) is 10.4. The van der Waals surface area contributed by atoms with Gasteiger partial charge in [-0.25, -0.2) is 9.07 Å². The molecular weight excluding hydrogens is 429 g/mol. The molecule has 0 radical (unpaired) electrons. The molecule has 2 aromatic carbocycles. The summed E-state index contributed by atoms with van der Waals surface area (Å²) in [5.41, 5.74) is 4.43. The van der Waals surface area contributed by atoms with Gasteiger partial charge in [0.25, 0.3) is 0 Å². The van der Waals surface area contributed by atoms with Crippen LogP contribution in [0.25, 0.3) is 11.4 Å². The zero-order valence-electron chi connectivity index (χ0n) is 20.1. The molecule has 0 bridgehead atoms.